The van der Waals surface area contributed by atoms with Crippen molar-refractivity contribution >= 4 is 37.4 Å². The second kappa shape index (κ2) is 4.03. The van der Waals surface area contributed by atoms with Crippen LogP contribution in [0.2, 0.25) is 0 Å². The number of halogens is 1. The lowest BCUT2D eigenvalue weighted by atomic mass is 10.1. The van der Waals surface area contributed by atoms with Crippen LogP contribution in [0.3, 0.4) is 0 Å². The van der Waals surface area contributed by atoms with E-state index >= 15 is 0 Å². The average molecular weight is 269 g/mol. The predicted molar refractivity (Wildman–Crippen MR) is 68.3 cm³/mol. The molecule has 0 aliphatic rings. The zero-order valence-electron chi connectivity index (χ0n) is 8.43. The molecular formula is C12H13BrS. The van der Waals surface area contributed by atoms with Crippen LogP contribution in [0.4, 0.5) is 0 Å². The smallest absolute Gasteiger partial charge is 0.0388 e. The van der Waals surface area contributed by atoms with Crippen molar-refractivity contribution in [2.75, 3.05) is 0 Å². The van der Waals surface area contributed by atoms with Gasteiger partial charge in [-0.15, -0.1) is 11.3 Å². The lowest BCUT2D eigenvalue weighted by molar-refractivity contribution is 1.15. The largest absolute Gasteiger partial charge is 0.143 e. The Hall–Kier alpha value is -0.340. The van der Waals surface area contributed by atoms with Gasteiger partial charge in [0, 0.05) is 9.17 Å². The van der Waals surface area contributed by atoms with E-state index in [-0.39, 0.29) is 0 Å². The Bertz CT molecular complexity index is 457. The summed E-state index contributed by atoms with van der Waals surface area (Å²) >= 11 is 5.49. The first-order valence-corrected chi connectivity index (χ1v) is 6.62. The zero-order chi connectivity index (χ0) is 10.1. The van der Waals surface area contributed by atoms with Gasteiger partial charge in [0.25, 0.3) is 0 Å². The summed E-state index contributed by atoms with van der Waals surface area (Å²) in [5.74, 6) is 0. The summed E-state index contributed by atoms with van der Waals surface area (Å²) in [4.78, 5) is 0. The number of aryl methyl sites for hydroxylation is 2. The second-order valence-electron chi connectivity index (χ2n) is 3.37. The molecule has 0 bridgehead atoms. The van der Waals surface area contributed by atoms with E-state index in [0.29, 0.717) is 0 Å². The van der Waals surface area contributed by atoms with Crippen LogP contribution in [0, 0.1) is 0 Å². The number of benzene rings is 1. The highest BCUT2D eigenvalue weighted by Crippen LogP contribution is 2.33. The summed E-state index contributed by atoms with van der Waals surface area (Å²) in [6.07, 6.45) is 2.23. The minimum Gasteiger partial charge on any atom is -0.143 e. The fourth-order valence-electron chi connectivity index (χ4n) is 1.79. The van der Waals surface area contributed by atoms with E-state index in [0.717, 1.165) is 12.8 Å². The third kappa shape index (κ3) is 1.51. The SMILES string of the molecule is CCc1csc2c(CC)c(Br)ccc12. The maximum absolute atomic E-state index is 3.62. The third-order valence-electron chi connectivity index (χ3n) is 2.60. The van der Waals surface area contributed by atoms with Crippen molar-refractivity contribution in [2.24, 2.45) is 0 Å². The molecule has 0 unspecified atom stereocenters. The first-order chi connectivity index (χ1) is 6.77. The average Bonchev–Trinajstić information content (AvgIpc) is 2.60. The number of hydrogen-bond donors (Lipinski definition) is 0. The molecule has 14 heavy (non-hydrogen) atoms. The first kappa shape index (κ1) is 10.2. The van der Waals surface area contributed by atoms with E-state index in [1.807, 2.05) is 11.3 Å². The second-order valence-corrected chi connectivity index (χ2v) is 5.10. The Labute approximate surface area is 97.1 Å². The van der Waals surface area contributed by atoms with E-state index < -0.39 is 0 Å². The van der Waals surface area contributed by atoms with Crippen molar-refractivity contribution in [3.63, 3.8) is 0 Å². The normalized spacial score (nSPS) is 11.1. The van der Waals surface area contributed by atoms with Crippen molar-refractivity contribution in [2.45, 2.75) is 26.7 Å². The van der Waals surface area contributed by atoms with Gasteiger partial charge in [0.1, 0.15) is 0 Å². The fraction of sp³-hybridized carbons (Fsp3) is 0.333. The molecule has 0 saturated heterocycles. The minimum atomic E-state index is 1.10. The van der Waals surface area contributed by atoms with Crippen molar-refractivity contribution in [3.8, 4) is 0 Å². The number of hydrogen-bond acceptors (Lipinski definition) is 1. The highest BCUT2D eigenvalue weighted by molar-refractivity contribution is 9.10. The minimum absolute atomic E-state index is 1.10. The number of thiophene rings is 1. The van der Waals surface area contributed by atoms with Gasteiger partial charge in [-0.1, -0.05) is 35.8 Å². The van der Waals surface area contributed by atoms with Crippen LogP contribution in [-0.4, -0.2) is 0 Å². The molecule has 0 spiro atoms. The van der Waals surface area contributed by atoms with Gasteiger partial charge in [-0.05, 0) is 40.8 Å². The van der Waals surface area contributed by atoms with Gasteiger partial charge >= 0.3 is 0 Å². The van der Waals surface area contributed by atoms with Gasteiger partial charge in [0.2, 0.25) is 0 Å². The molecule has 0 N–H and O–H groups in total. The van der Waals surface area contributed by atoms with E-state index in [9.17, 15) is 0 Å². The summed E-state index contributed by atoms with van der Waals surface area (Å²) in [6, 6.07) is 4.40. The molecule has 0 saturated carbocycles. The lowest BCUT2D eigenvalue weighted by Crippen LogP contribution is -1.83. The summed E-state index contributed by atoms with van der Waals surface area (Å²) in [6.45, 7) is 4.43. The summed E-state index contributed by atoms with van der Waals surface area (Å²) in [5.41, 5.74) is 2.93. The van der Waals surface area contributed by atoms with E-state index in [1.165, 1.54) is 25.7 Å². The highest BCUT2D eigenvalue weighted by atomic mass is 79.9. The van der Waals surface area contributed by atoms with Crippen LogP contribution in [-0.2, 0) is 12.8 Å². The molecule has 0 nitrogen and oxygen atoms in total. The van der Waals surface area contributed by atoms with Crippen LogP contribution in [0.1, 0.15) is 25.0 Å². The Morgan fingerprint density at radius 2 is 2.00 bits per heavy atom. The lowest BCUT2D eigenvalue weighted by Gasteiger charge is -2.03. The van der Waals surface area contributed by atoms with Crippen molar-refractivity contribution in [1.82, 2.24) is 0 Å². The topological polar surface area (TPSA) is 0 Å². The molecule has 1 aromatic carbocycles. The number of fused-ring (bicyclic) bond motifs is 1. The van der Waals surface area contributed by atoms with Crippen molar-refractivity contribution < 1.29 is 0 Å². The molecule has 0 amide bonds. The van der Waals surface area contributed by atoms with Gasteiger partial charge in [-0.2, -0.15) is 0 Å². The van der Waals surface area contributed by atoms with Gasteiger partial charge in [-0.3, -0.25) is 0 Å². The van der Waals surface area contributed by atoms with Crippen LogP contribution in [0.5, 0.6) is 0 Å². The quantitative estimate of drug-likeness (QED) is 0.735. The monoisotopic (exact) mass is 268 g/mol. The summed E-state index contributed by atoms with van der Waals surface area (Å²) in [7, 11) is 0. The molecule has 2 aromatic rings. The standard InChI is InChI=1S/C12H13BrS/c1-3-8-7-14-12-9(4-2)11(13)6-5-10(8)12/h5-7H,3-4H2,1-2H3. The molecule has 1 heterocycles. The molecule has 2 rings (SSSR count). The highest BCUT2D eigenvalue weighted by Gasteiger charge is 2.08. The van der Waals surface area contributed by atoms with E-state index in [2.05, 4.69) is 47.3 Å². The maximum Gasteiger partial charge on any atom is 0.0388 e. The maximum atomic E-state index is 3.62. The molecule has 0 atom stereocenters. The van der Waals surface area contributed by atoms with Crippen molar-refractivity contribution in [1.29, 1.82) is 0 Å². The van der Waals surface area contributed by atoms with Crippen LogP contribution in [0.25, 0.3) is 10.1 Å². The molecule has 1 aromatic heterocycles. The number of rotatable bonds is 2. The van der Waals surface area contributed by atoms with E-state index in [4.69, 9.17) is 0 Å². The fourth-order valence-corrected chi connectivity index (χ4v) is 3.81. The Morgan fingerprint density at radius 1 is 1.21 bits per heavy atom. The molecule has 0 radical (unpaired) electrons. The Morgan fingerprint density at radius 3 is 2.64 bits per heavy atom. The van der Waals surface area contributed by atoms with Crippen LogP contribution >= 0.6 is 27.3 Å². The molecule has 0 aliphatic carbocycles. The Kier molecular flexibility index (Phi) is 2.93. The molecular weight excluding hydrogens is 256 g/mol. The Balaban J connectivity index is 2.76. The first-order valence-electron chi connectivity index (χ1n) is 4.95. The summed E-state index contributed by atoms with van der Waals surface area (Å²) < 4.78 is 2.70. The third-order valence-corrected chi connectivity index (χ3v) is 4.45. The van der Waals surface area contributed by atoms with Gasteiger partial charge in [0.15, 0.2) is 0 Å². The molecule has 0 fully saturated rings. The van der Waals surface area contributed by atoms with E-state index in [1.54, 1.807) is 0 Å². The van der Waals surface area contributed by atoms with Gasteiger partial charge in [-0.25, -0.2) is 0 Å². The van der Waals surface area contributed by atoms with Crippen LogP contribution < -0.4 is 0 Å². The predicted octanol–water partition coefficient (Wildman–Crippen LogP) is 4.79. The van der Waals surface area contributed by atoms with Gasteiger partial charge in [0.05, 0.1) is 0 Å². The molecule has 74 valence electrons. The zero-order valence-corrected chi connectivity index (χ0v) is 10.8. The van der Waals surface area contributed by atoms with Crippen LogP contribution in [0.15, 0.2) is 22.0 Å². The summed E-state index contributed by atoms with van der Waals surface area (Å²) in [5, 5.41) is 3.73. The molecule has 2 heteroatoms. The van der Waals surface area contributed by atoms with Crippen molar-refractivity contribution in [3.05, 3.63) is 33.1 Å². The van der Waals surface area contributed by atoms with Gasteiger partial charge < -0.3 is 0 Å². The molecule has 0 aliphatic heterocycles.